The molecule has 3 N–H and O–H groups in total. The van der Waals surface area contributed by atoms with Crippen LogP contribution in [0, 0.1) is 0 Å². The van der Waals surface area contributed by atoms with E-state index in [1.165, 1.54) is 6.07 Å². The minimum absolute atomic E-state index is 0.0519. The van der Waals surface area contributed by atoms with E-state index in [4.69, 9.17) is 5.11 Å². The topological polar surface area (TPSA) is 78.4 Å². The average Bonchev–Trinajstić information content (AvgIpc) is 2.30. The molecule has 1 unspecified atom stereocenters. The van der Waals surface area contributed by atoms with E-state index >= 15 is 0 Å². The zero-order chi connectivity index (χ0) is 13.0. The third-order valence-corrected chi connectivity index (χ3v) is 2.98. The molecule has 1 rings (SSSR count). The molecule has 17 heavy (non-hydrogen) atoms. The Hall–Kier alpha value is -1.40. The van der Waals surface area contributed by atoms with Crippen LogP contribution in [0.4, 0.5) is 5.69 Å². The van der Waals surface area contributed by atoms with Gasteiger partial charge in [-0.3, -0.25) is 4.79 Å². The van der Waals surface area contributed by atoms with Gasteiger partial charge < -0.3 is 15.7 Å². The van der Waals surface area contributed by atoms with Crippen molar-refractivity contribution in [1.82, 2.24) is 5.32 Å². The van der Waals surface area contributed by atoms with E-state index in [9.17, 15) is 9.59 Å². The van der Waals surface area contributed by atoms with Gasteiger partial charge in [-0.15, -0.1) is 0 Å². The first-order valence-corrected chi connectivity index (χ1v) is 5.76. The summed E-state index contributed by atoms with van der Waals surface area (Å²) in [5, 5.41) is 14.4. The smallest absolute Gasteiger partial charge is 0.337 e. The molecule has 0 radical (unpaired) electrons. The van der Waals surface area contributed by atoms with Crippen molar-refractivity contribution in [2.45, 2.75) is 13.0 Å². The van der Waals surface area contributed by atoms with Crippen molar-refractivity contribution in [3.05, 3.63) is 28.2 Å². The highest BCUT2D eigenvalue weighted by Gasteiger charge is 2.17. The highest BCUT2D eigenvalue weighted by Crippen LogP contribution is 2.26. The molecular formula is C11H13BrN2O3. The third-order valence-electron chi connectivity index (χ3n) is 2.32. The molecule has 0 heterocycles. The van der Waals surface area contributed by atoms with Gasteiger partial charge in [0.25, 0.3) is 0 Å². The van der Waals surface area contributed by atoms with E-state index in [0.717, 1.165) is 0 Å². The van der Waals surface area contributed by atoms with Gasteiger partial charge in [-0.25, -0.2) is 4.79 Å². The lowest BCUT2D eigenvalue weighted by Crippen LogP contribution is -2.36. The van der Waals surface area contributed by atoms with Crippen LogP contribution in [-0.2, 0) is 4.79 Å². The SMILES string of the molecule is CNC(C)C(=O)Nc1c(Br)cccc1C(=O)O. The number of nitrogens with one attached hydrogen (secondary N) is 2. The van der Waals surface area contributed by atoms with Crippen LogP contribution in [0.1, 0.15) is 17.3 Å². The number of carbonyl (C=O) groups excluding carboxylic acids is 1. The number of para-hydroxylation sites is 1. The highest BCUT2D eigenvalue weighted by atomic mass is 79.9. The van der Waals surface area contributed by atoms with Gasteiger partial charge in [0.15, 0.2) is 0 Å². The lowest BCUT2D eigenvalue weighted by Gasteiger charge is -2.14. The van der Waals surface area contributed by atoms with Crippen molar-refractivity contribution in [2.24, 2.45) is 0 Å². The van der Waals surface area contributed by atoms with Crippen molar-refractivity contribution in [3.8, 4) is 0 Å². The second kappa shape index (κ2) is 5.79. The van der Waals surface area contributed by atoms with E-state index in [-0.39, 0.29) is 17.2 Å². The van der Waals surface area contributed by atoms with Gasteiger partial charge in [0.1, 0.15) is 0 Å². The van der Waals surface area contributed by atoms with Crippen molar-refractivity contribution in [1.29, 1.82) is 0 Å². The number of likely N-dealkylation sites (N-methyl/N-ethyl adjacent to an activating group) is 1. The molecule has 0 saturated carbocycles. The Morgan fingerprint density at radius 3 is 2.59 bits per heavy atom. The first-order chi connectivity index (χ1) is 7.97. The molecule has 1 amide bonds. The molecule has 0 saturated heterocycles. The van der Waals surface area contributed by atoms with E-state index in [1.54, 1.807) is 26.1 Å². The number of hydrogen-bond donors (Lipinski definition) is 3. The standard InChI is InChI=1S/C11H13BrN2O3/c1-6(13-2)10(15)14-9-7(11(16)17)4-3-5-8(9)12/h3-6,13H,1-2H3,(H,14,15)(H,16,17). The predicted molar refractivity (Wildman–Crippen MR) is 68.3 cm³/mol. The molecule has 0 aliphatic carbocycles. The van der Waals surface area contributed by atoms with E-state index in [0.29, 0.717) is 4.47 Å². The molecule has 0 spiro atoms. The molecule has 0 fully saturated rings. The fourth-order valence-electron chi connectivity index (χ4n) is 1.19. The molecule has 0 bridgehead atoms. The van der Waals surface area contributed by atoms with Crippen LogP contribution in [0.3, 0.4) is 0 Å². The lowest BCUT2D eigenvalue weighted by molar-refractivity contribution is -0.117. The Morgan fingerprint density at radius 2 is 2.06 bits per heavy atom. The molecule has 1 aromatic rings. The first-order valence-electron chi connectivity index (χ1n) is 4.97. The Kier molecular flexibility index (Phi) is 4.65. The molecule has 0 aliphatic rings. The zero-order valence-electron chi connectivity index (χ0n) is 9.45. The van der Waals surface area contributed by atoms with Crippen LogP contribution < -0.4 is 10.6 Å². The summed E-state index contributed by atoms with van der Waals surface area (Å²) < 4.78 is 0.536. The molecule has 0 aromatic heterocycles. The fourth-order valence-corrected chi connectivity index (χ4v) is 1.66. The highest BCUT2D eigenvalue weighted by molar-refractivity contribution is 9.10. The van der Waals surface area contributed by atoms with E-state index in [1.807, 2.05) is 0 Å². The molecule has 1 aromatic carbocycles. The quantitative estimate of drug-likeness (QED) is 0.791. The lowest BCUT2D eigenvalue weighted by atomic mass is 10.1. The number of hydrogen-bond acceptors (Lipinski definition) is 3. The summed E-state index contributed by atoms with van der Waals surface area (Å²) in [4.78, 5) is 22.7. The first kappa shape index (κ1) is 13.7. The minimum Gasteiger partial charge on any atom is -0.478 e. The number of carbonyl (C=O) groups is 2. The van der Waals surface area contributed by atoms with Crippen LogP contribution in [0.5, 0.6) is 0 Å². The van der Waals surface area contributed by atoms with E-state index < -0.39 is 12.0 Å². The van der Waals surface area contributed by atoms with Crippen LogP contribution in [0.25, 0.3) is 0 Å². The Balaban J connectivity index is 3.05. The van der Waals surface area contributed by atoms with Crippen LogP contribution in [0.2, 0.25) is 0 Å². The summed E-state index contributed by atoms with van der Waals surface area (Å²) in [6.07, 6.45) is 0. The molecule has 0 aliphatic heterocycles. The summed E-state index contributed by atoms with van der Waals surface area (Å²) in [7, 11) is 1.66. The summed E-state index contributed by atoms with van der Waals surface area (Å²) >= 11 is 3.22. The number of halogens is 1. The molecule has 92 valence electrons. The van der Waals surface area contributed by atoms with Crippen LogP contribution in [-0.4, -0.2) is 30.1 Å². The second-order valence-electron chi connectivity index (χ2n) is 3.47. The van der Waals surface area contributed by atoms with Crippen LogP contribution in [0.15, 0.2) is 22.7 Å². The second-order valence-corrected chi connectivity index (χ2v) is 4.32. The van der Waals surface area contributed by atoms with Crippen molar-refractivity contribution < 1.29 is 14.7 Å². The van der Waals surface area contributed by atoms with Crippen molar-refractivity contribution >= 4 is 33.5 Å². The number of benzene rings is 1. The maximum absolute atomic E-state index is 11.7. The Labute approximate surface area is 107 Å². The predicted octanol–water partition coefficient (Wildman–Crippen LogP) is 1.69. The van der Waals surface area contributed by atoms with Crippen molar-refractivity contribution in [2.75, 3.05) is 12.4 Å². The largest absolute Gasteiger partial charge is 0.478 e. The summed E-state index contributed by atoms with van der Waals surface area (Å²) in [6, 6.07) is 4.31. The van der Waals surface area contributed by atoms with Gasteiger partial charge in [-0.1, -0.05) is 6.07 Å². The van der Waals surface area contributed by atoms with Gasteiger partial charge in [0.05, 0.1) is 17.3 Å². The maximum atomic E-state index is 11.7. The maximum Gasteiger partial charge on any atom is 0.337 e. The van der Waals surface area contributed by atoms with Gasteiger partial charge in [-0.2, -0.15) is 0 Å². The van der Waals surface area contributed by atoms with Crippen molar-refractivity contribution in [3.63, 3.8) is 0 Å². The van der Waals surface area contributed by atoms with Gasteiger partial charge in [-0.05, 0) is 42.0 Å². The number of amides is 1. The number of anilines is 1. The zero-order valence-corrected chi connectivity index (χ0v) is 11.0. The fraction of sp³-hybridized carbons (Fsp3) is 0.273. The summed E-state index contributed by atoms with van der Waals surface area (Å²) in [5.41, 5.74) is 0.322. The van der Waals surface area contributed by atoms with Crippen LogP contribution >= 0.6 is 15.9 Å². The minimum atomic E-state index is -1.08. The molecular weight excluding hydrogens is 288 g/mol. The van der Waals surface area contributed by atoms with E-state index in [2.05, 4.69) is 26.6 Å². The molecule has 5 nitrogen and oxygen atoms in total. The number of aromatic carboxylic acids is 1. The number of carboxylic acids is 1. The Bertz CT molecular complexity index is 448. The summed E-state index contributed by atoms with van der Waals surface area (Å²) in [6.45, 7) is 1.69. The van der Waals surface area contributed by atoms with Gasteiger partial charge in [0, 0.05) is 4.47 Å². The normalized spacial score (nSPS) is 11.9. The third kappa shape index (κ3) is 3.28. The number of carboxylic acid groups (broad SMARTS) is 1. The molecule has 6 heteroatoms. The average molecular weight is 301 g/mol. The Morgan fingerprint density at radius 1 is 1.41 bits per heavy atom. The number of rotatable bonds is 4. The van der Waals surface area contributed by atoms with Gasteiger partial charge >= 0.3 is 5.97 Å². The summed E-state index contributed by atoms with van der Waals surface area (Å²) in [5.74, 6) is -1.37. The monoisotopic (exact) mass is 300 g/mol. The molecule has 1 atom stereocenters. The van der Waals surface area contributed by atoms with Gasteiger partial charge in [0.2, 0.25) is 5.91 Å².